The number of halogens is 2. The molecular weight excluding hydrogens is 477 g/mol. The lowest BCUT2D eigenvalue weighted by Crippen LogP contribution is -2.47. The normalized spacial score (nSPS) is 15.7. The van der Waals surface area contributed by atoms with Crippen LogP contribution in [0.3, 0.4) is 0 Å². The molecule has 0 unspecified atom stereocenters. The van der Waals surface area contributed by atoms with Crippen molar-refractivity contribution >= 4 is 40.5 Å². The number of hydrogen-bond acceptors (Lipinski definition) is 7. The third kappa shape index (κ3) is 6.16. The Bertz CT molecular complexity index is 1210. The molecule has 35 heavy (non-hydrogen) atoms. The number of piperidine rings is 1. The molecule has 0 saturated carbocycles. The van der Waals surface area contributed by atoms with E-state index in [1.165, 1.54) is 6.20 Å². The summed E-state index contributed by atoms with van der Waals surface area (Å²) in [6.07, 6.45) is 6.24. The number of carbonyl (C=O) groups is 2. The number of nitrogens with one attached hydrogen (secondary N) is 3. The van der Waals surface area contributed by atoms with Gasteiger partial charge in [0.25, 0.3) is 0 Å². The van der Waals surface area contributed by atoms with Crippen LogP contribution in [0.2, 0.25) is 5.02 Å². The maximum Gasteiger partial charge on any atom is 0.317 e. The fraction of sp³-hybridized carbons (Fsp3) is 0.435. The molecule has 0 radical (unpaired) electrons. The molecule has 10 nitrogen and oxygen atoms in total. The van der Waals surface area contributed by atoms with Crippen molar-refractivity contribution in [2.45, 2.75) is 26.2 Å². The van der Waals surface area contributed by atoms with Crippen molar-refractivity contribution in [3.63, 3.8) is 0 Å². The summed E-state index contributed by atoms with van der Waals surface area (Å²) in [5.74, 6) is -0.347. The van der Waals surface area contributed by atoms with E-state index < -0.39 is 5.82 Å². The fourth-order valence-corrected chi connectivity index (χ4v) is 4.22. The number of esters is 1. The van der Waals surface area contributed by atoms with Gasteiger partial charge in [0.05, 0.1) is 24.2 Å². The van der Waals surface area contributed by atoms with Crippen LogP contribution in [-0.4, -0.2) is 69.6 Å². The van der Waals surface area contributed by atoms with E-state index >= 15 is 0 Å². The lowest BCUT2D eigenvalue weighted by atomic mass is 9.98. The van der Waals surface area contributed by atoms with Gasteiger partial charge in [0.15, 0.2) is 17.5 Å². The van der Waals surface area contributed by atoms with E-state index in [1.54, 1.807) is 24.1 Å². The zero-order valence-corrected chi connectivity index (χ0v) is 20.1. The van der Waals surface area contributed by atoms with Crippen molar-refractivity contribution < 1.29 is 18.7 Å². The third-order valence-electron chi connectivity index (χ3n) is 5.76. The monoisotopic (exact) mass is 503 g/mol. The number of fused-ring (bicyclic) bond motifs is 1. The molecule has 3 aromatic rings. The molecule has 0 spiro atoms. The molecule has 3 N–H and O–H groups in total. The van der Waals surface area contributed by atoms with E-state index in [9.17, 15) is 14.0 Å². The highest BCUT2D eigenvalue weighted by Gasteiger charge is 2.24. The lowest BCUT2D eigenvalue weighted by Gasteiger charge is -2.33. The largest absolute Gasteiger partial charge is 0.466 e. The van der Waals surface area contributed by atoms with Gasteiger partial charge in [-0.25, -0.2) is 24.1 Å². The molecule has 2 amide bonds. The summed E-state index contributed by atoms with van der Waals surface area (Å²) in [6.45, 7) is 3.87. The first-order chi connectivity index (χ1) is 16.9. The van der Waals surface area contributed by atoms with Gasteiger partial charge in [-0.15, -0.1) is 0 Å². The number of carbonyl (C=O) groups excluding carboxylic acids is 2. The van der Waals surface area contributed by atoms with Gasteiger partial charge in [-0.05, 0) is 31.7 Å². The number of aromatic nitrogens is 4. The van der Waals surface area contributed by atoms with Crippen molar-refractivity contribution in [1.29, 1.82) is 0 Å². The highest BCUT2D eigenvalue weighted by molar-refractivity contribution is 6.31. The summed E-state index contributed by atoms with van der Waals surface area (Å²) < 4.78 is 19.3. The molecule has 1 aliphatic heterocycles. The quantitative estimate of drug-likeness (QED) is 0.401. The highest BCUT2D eigenvalue weighted by atomic mass is 35.5. The van der Waals surface area contributed by atoms with Gasteiger partial charge in [-0.3, -0.25) is 4.79 Å². The zero-order valence-electron chi connectivity index (χ0n) is 19.3. The second kappa shape index (κ2) is 11.3. The zero-order chi connectivity index (χ0) is 24.8. The Labute approximate surface area is 206 Å². The predicted molar refractivity (Wildman–Crippen MR) is 130 cm³/mol. The number of hydrogen-bond donors (Lipinski definition) is 3. The van der Waals surface area contributed by atoms with Gasteiger partial charge < -0.3 is 25.3 Å². The third-order valence-corrected chi connectivity index (χ3v) is 5.96. The van der Waals surface area contributed by atoms with Crippen LogP contribution in [0.4, 0.5) is 15.0 Å². The maximum atomic E-state index is 14.5. The molecule has 0 bridgehead atoms. The van der Waals surface area contributed by atoms with E-state index in [0.717, 1.165) is 24.4 Å². The van der Waals surface area contributed by atoms with Crippen molar-refractivity contribution in [3.05, 3.63) is 35.5 Å². The van der Waals surface area contributed by atoms with E-state index in [1.807, 2.05) is 0 Å². The summed E-state index contributed by atoms with van der Waals surface area (Å²) in [7, 11) is 0. The number of rotatable bonds is 8. The van der Waals surface area contributed by atoms with Gasteiger partial charge in [0.1, 0.15) is 5.65 Å². The Kier molecular flexibility index (Phi) is 7.96. The minimum Gasteiger partial charge on any atom is -0.466 e. The molecule has 12 heteroatoms. The minimum absolute atomic E-state index is 0.0929. The van der Waals surface area contributed by atoms with Crippen LogP contribution >= 0.6 is 11.6 Å². The number of likely N-dealkylation sites (tertiary alicyclic amines) is 1. The molecule has 0 aromatic carbocycles. The molecule has 4 heterocycles. The summed E-state index contributed by atoms with van der Waals surface area (Å²) >= 11 is 6.07. The molecule has 1 saturated heterocycles. The van der Waals surface area contributed by atoms with Crippen LogP contribution in [0.1, 0.15) is 26.2 Å². The highest BCUT2D eigenvalue weighted by Crippen LogP contribution is 2.28. The Balaban J connectivity index is 1.35. The first-order valence-electron chi connectivity index (χ1n) is 11.5. The first kappa shape index (κ1) is 24.6. The van der Waals surface area contributed by atoms with Gasteiger partial charge in [0, 0.05) is 49.5 Å². The lowest BCUT2D eigenvalue weighted by molar-refractivity contribution is -0.142. The Morgan fingerprint density at radius 1 is 1.34 bits per heavy atom. The van der Waals surface area contributed by atoms with Crippen LogP contribution in [0.15, 0.2) is 24.7 Å². The number of ether oxygens (including phenoxy) is 1. The first-order valence-corrected chi connectivity index (χ1v) is 11.9. The summed E-state index contributed by atoms with van der Waals surface area (Å²) in [5, 5.41) is 7.05. The second-order valence-corrected chi connectivity index (χ2v) is 8.70. The summed E-state index contributed by atoms with van der Waals surface area (Å²) in [4.78, 5) is 41.4. The smallest absolute Gasteiger partial charge is 0.317 e. The van der Waals surface area contributed by atoms with E-state index in [0.29, 0.717) is 48.3 Å². The molecule has 1 atom stereocenters. The number of pyridine rings is 1. The second-order valence-electron chi connectivity index (χ2n) is 8.26. The van der Waals surface area contributed by atoms with Crippen LogP contribution in [0, 0.1) is 11.7 Å². The Morgan fingerprint density at radius 2 is 2.20 bits per heavy atom. The van der Waals surface area contributed by atoms with Crippen LogP contribution in [-0.2, 0) is 9.53 Å². The standard InChI is InChI=1S/C23H27ClFN7O3/c1-2-35-19(33)5-6-26-23(34)32-7-3-4-14(13-32)9-27-22-18(25)12-30-21(31-22)17-11-29-20-16(17)8-15(24)10-28-20/h8,10-12,14H,2-7,9,13H2,1H3,(H,26,34)(H,28,29)(H,27,30,31)/t14-/m1/s1. The summed E-state index contributed by atoms with van der Waals surface area (Å²) in [5.41, 5.74) is 1.30. The van der Waals surface area contributed by atoms with Crippen molar-refractivity contribution in [1.82, 2.24) is 30.2 Å². The molecule has 186 valence electrons. The van der Waals surface area contributed by atoms with Gasteiger partial charge >= 0.3 is 12.0 Å². The van der Waals surface area contributed by atoms with Gasteiger partial charge in [0.2, 0.25) is 0 Å². The average molecular weight is 504 g/mol. The molecule has 1 fully saturated rings. The van der Waals surface area contributed by atoms with Crippen LogP contribution < -0.4 is 10.6 Å². The van der Waals surface area contributed by atoms with Gasteiger partial charge in [-0.1, -0.05) is 11.6 Å². The molecule has 0 aliphatic carbocycles. The topological polar surface area (TPSA) is 125 Å². The number of aromatic amines is 1. The molecule has 4 rings (SSSR count). The Hall–Kier alpha value is -3.47. The van der Waals surface area contributed by atoms with Crippen molar-refractivity contribution in [2.24, 2.45) is 5.92 Å². The summed E-state index contributed by atoms with van der Waals surface area (Å²) in [6, 6.07) is 1.53. The number of anilines is 1. The maximum absolute atomic E-state index is 14.5. The number of nitrogens with zero attached hydrogens (tertiary/aromatic N) is 4. The number of H-pyrrole nitrogens is 1. The number of urea groups is 1. The Morgan fingerprint density at radius 3 is 3.03 bits per heavy atom. The van der Waals surface area contributed by atoms with E-state index in [2.05, 4.69) is 30.6 Å². The molecule has 3 aromatic heterocycles. The molecule has 1 aliphatic rings. The van der Waals surface area contributed by atoms with Crippen LogP contribution in [0.5, 0.6) is 0 Å². The van der Waals surface area contributed by atoms with Crippen LogP contribution in [0.25, 0.3) is 22.4 Å². The van der Waals surface area contributed by atoms with E-state index in [4.69, 9.17) is 16.3 Å². The van der Waals surface area contributed by atoms with E-state index in [-0.39, 0.29) is 36.7 Å². The predicted octanol–water partition coefficient (Wildman–Crippen LogP) is 3.60. The SMILES string of the molecule is CCOC(=O)CCNC(=O)N1CCC[C@H](CNc2nc(-c3c[nH]c4ncc(Cl)cc34)ncc2F)C1. The molecular formula is C23H27ClFN7O3. The fourth-order valence-electron chi connectivity index (χ4n) is 4.06. The van der Waals surface area contributed by atoms with Crippen molar-refractivity contribution in [3.8, 4) is 11.4 Å². The number of amides is 2. The average Bonchev–Trinajstić information content (AvgIpc) is 3.27. The minimum atomic E-state index is -0.561. The van der Waals surface area contributed by atoms with Gasteiger partial charge in [-0.2, -0.15) is 0 Å². The van der Waals surface area contributed by atoms with Crippen molar-refractivity contribution in [2.75, 3.05) is 38.1 Å².